The highest BCUT2D eigenvalue weighted by Crippen LogP contribution is 2.45. The van der Waals surface area contributed by atoms with Crippen LogP contribution in [0.5, 0.6) is 5.75 Å². The van der Waals surface area contributed by atoms with E-state index in [1.54, 1.807) is 47.4 Å². The second-order valence-electron chi connectivity index (χ2n) is 10.6. The maximum atomic E-state index is 13.5. The molecule has 2 amide bonds. The van der Waals surface area contributed by atoms with Crippen LogP contribution >= 0.6 is 22.9 Å². The van der Waals surface area contributed by atoms with Gasteiger partial charge in [-0.05, 0) is 73.0 Å². The topological polar surface area (TPSA) is 109 Å². The number of halogens is 2. The Bertz CT molecular complexity index is 1680. The zero-order valence-electron chi connectivity index (χ0n) is 22.9. The molecule has 0 atom stereocenters. The third-order valence-corrected chi connectivity index (χ3v) is 9.08. The number of thiazole rings is 1. The Balaban J connectivity index is 1.12. The third kappa shape index (κ3) is 6.55. The van der Waals surface area contributed by atoms with Gasteiger partial charge in [-0.25, -0.2) is 14.2 Å². The first-order valence-electron chi connectivity index (χ1n) is 13.9. The van der Waals surface area contributed by atoms with Gasteiger partial charge in [0.05, 0.1) is 26.0 Å². The minimum absolute atomic E-state index is 0.116. The van der Waals surface area contributed by atoms with Crippen LogP contribution in [0.15, 0.2) is 66.7 Å². The van der Waals surface area contributed by atoms with Gasteiger partial charge in [-0.1, -0.05) is 23.7 Å². The van der Waals surface area contributed by atoms with Gasteiger partial charge in [0.1, 0.15) is 23.4 Å². The van der Waals surface area contributed by atoms with Gasteiger partial charge < -0.3 is 20.1 Å². The van der Waals surface area contributed by atoms with Crippen LogP contribution in [0.1, 0.15) is 67.8 Å². The summed E-state index contributed by atoms with van der Waals surface area (Å²) in [5, 5.41) is 13.1. The van der Waals surface area contributed by atoms with Crippen LogP contribution in [-0.2, 0) is 0 Å². The van der Waals surface area contributed by atoms with Crippen molar-refractivity contribution in [1.29, 1.82) is 0 Å². The van der Waals surface area contributed by atoms with E-state index in [0.717, 1.165) is 17.8 Å². The molecule has 4 aromatic rings. The lowest BCUT2D eigenvalue weighted by molar-refractivity contribution is 0.0595. The summed E-state index contributed by atoms with van der Waals surface area (Å²) in [6.07, 6.45) is 3.14. The fourth-order valence-electron chi connectivity index (χ4n) is 4.97. The number of nitrogens with one attached hydrogen (secondary N) is 1. The lowest BCUT2D eigenvalue weighted by Crippen LogP contribution is -2.41. The number of likely N-dealkylation sites (tertiary alicyclic amines) is 1. The molecule has 2 heterocycles. The Morgan fingerprint density at radius 2 is 1.67 bits per heavy atom. The molecule has 2 fully saturated rings. The van der Waals surface area contributed by atoms with Gasteiger partial charge in [-0.2, -0.15) is 0 Å². The first kappa shape index (κ1) is 28.8. The van der Waals surface area contributed by atoms with Gasteiger partial charge in [0.2, 0.25) is 0 Å². The Morgan fingerprint density at radius 3 is 2.33 bits per heavy atom. The Labute approximate surface area is 256 Å². The molecule has 3 aromatic carbocycles. The molecule has 6 rings (SSSR count). The molecule has 2 N–H and O–H groups in total. The maximum absolute atomic E-state index is 13.5. The Kier molecular flexibility index (Phi) is 8.14. The van der Waals surface area contributed by atoms with Crippen LogP contribution in [0.4, 0.5) is 10.1 Å². The quantitative estimate of drug-likeness (QED) is 0.217. The van der Waals surface area contributed by atoms with Gasteiger partial charge in [0.15, 0.2) is 0 Å². The second-order valence-corrected chi connectivity index (χ2v) is 12.0. The fourth-order valence-corrected chi connectivity index (χ4v) is 6.40. The molecule has 1 saturated carbocycles. The predicted molar refractivity (Wildman–Crippen MR) is 162 cm³/mol. The minimum atomic E-state index is -0.999. The fraction of sp³-hybridized carbons (Fsp3) is 0.250. The van der Waals surface area contributed by atoms with Crippen LogP contribution in [-0.4, -0.2) is 52.0 Å². The number of rotatable bonds is 8. The van der Waals surface area contributed by atoms with Crippen molar-refractivity contribution >= 4 is 46.4 Å². The van der Waals surface area contributed by atoms with E-state index in [-0.39, 0.29) is 39.7 Å². The lowest BCUT2D eigenvalue weighted by atomic mass is 10.1. The number of nitrogens with zero attached hydrogens (tertiary/aromatic N) is 2. The van der Waals surface area contributed by atoms with E-state index in [1.807, 2.05) is 0 Å². The zero-order valence-corrected chi connectivity index (χ0v) is 24.5. The largest absolute Gasteiger partial charge is 0.490 e. The molecule has 1 aliphatic heterocycles. The molecule has 220 valence electrons. The van der Waals surface area contributed by atoms with Crippen molar-refractivity contribution < 1.29 is 28.6 Å². The van der Waals surface area contributed by atoms with Crippen molar-refractivity contribution in [1.82, 2.24) is 9.88 Å². The molecule has 0 radical (unpaired) electrons. The molecule has 1 saturated heterocycles. The van der Waals surface area contributed by atoms with E-state index in [1.165, 1.54) is 35.6 Å². The summed E-state index contributed by atoms with van der Waals surface area (Å²) in [5.74, 6) is -1.10. The lowest BCUT2D eigenvalue weighted by Gasteiger charge is -2.32. The van der Waals surface area contributed by atoms with Crippen molar-refractivity contribution in [2.45, 2.75) is 37.7 Å². The van der Waals surface area contributed by atoms with E-state index in [2.05, 4.69) is 10.3 Å². The van der Waals surface area contributed by atoms with Crippen molar-refractivity contribution in [3.63, 3.8) is 0 Å². The molecule has 8 nitrogen and oxygen atoms in total. The van der Waals surface area contributed by atoms with E-state index >= 15 is 0 Å². The predicted octanol–water partition coefficient (Wildman–Crippen LogP) is 7.11. The number of anilines is 1. The summed E-state index contributed by atoms with van der Waals surface area (Å²) in [6.45, 7) is 0.904. The summed E-state index contributed by atoms with van der Waals surface area (Å²) >= 11 is 7.88. The summed E-state index contributed by atoms with van der Waals surface area (Å²) in [6, 6.07) is 17.0. The summed E-state index contributed by atoms with van der Waals surface area (Å²) in [5.41, 5.74) is 1.85. The van der Waals surface area contributed by atoms with E-state index in [0.29, 0.717) is 53.7 Å². The highest BCUT2D eigenvalue weighted by atomic mass is 35.5. The molecule has 1 aliphatic carbocycles. The van der Waals surface area contributed by atoms with E-state index in [9.17, 15) is 18.8 Å². The number of ether oxygens (including phenoxy) is 1. The maximum Gasteiger partial charge on any atom is 0.335 e. The van der Waals surface area contributed by atoms with Gasteiger partial charge >= 0.3 is 5.97 Å². The monoisotopic (exact) mass is 619 g/mol. The minimum Gasteiger partial charge on any atom is -0.490 e. The molecular weight excluding hydrogens is 593 g/mol. The average Bonchev–Trinajstić information content (AvgIpc) is 3.77. The number of aromatic carboxylic acids is 1. The Morgan fingerprint density at radius 1 is 0.977 bits per heavy atom. The summed E-state index contributed by atoms with van der Waals surface area (Å²) in [4.78, 5) is 44.9. The molecule has 0 unspecified atom stereocenters. The van der Waals surface area contributed by atoms with Crippen LogP contribution in [0, 0.1) is 5.82 Å². The van der Waals surface area contributed by atoms with Crippen molar-refractivity contribution in [2.75, 3.05) is 18.4 Å². The molecule has 11 heteroatoms. The third-order valence-electron chi connectivity index (χ3n) is 7.48. The smallest absolute Gasteiger partial charge is 0.335 e. The molecular formula is C32H27ClFN3O5S. The van der Waals surface area contributed by atoms with Gasteiger partial charge in [-0.15, -0.1) is 11.3 Å². The number of piperidine rings is 1. The number of aromatic nitrogens is 1. The molecule has 0 spiro atoms. The van der Waals surface area contributed by atoms with Crippen molar-refractivity contribution in [3.05, 3.63) is 99.4 Å². The first-order chi connectivity index (χ1) is 20.7. The number of carboxylic acids is 1. The number of amides is 2. The second kappa shape index (κ2) is 12.1. The SMILES string of the molecule is O=C(O)c1ccc(OC2CCN(C(=O)c3cc(NC(=O)c4nc(C5CC5)sc4-c4ccc(F)cc4)ccc3Cl)CC2)cc1. The highest BCUT2D eigenvalue weighted by Gasteiger charge is 2.31. The number of hydrogen-bond acceptors (Lipinski definition) is 6. The van der Waals surface area contributed by atoms with Gasteiger partial charge in [0.25, 0.3) is 11.8 Å². The standard InChI is InChI=1S/C32H27ClFN3O5S/c33-26-12-9-22(35-29(38)27-28(18-3-7-21(34)8-4-18)43-30(36-27)19-1-2-19)17-25(26)31(39)37-15-13-24(14-16-37)42-23-10-5-20(6-11-23)32(40)41/h3-12,17,19,24H,1-2,13-16H2,(H,35,38)(H,40,41). The van der Waals surface area contributed by atoms with Crippen molar-refractivity contribution in [2.24, 2.45) is 0 Å². The van der Waals surface area contributed by atoms with Crippen molar-refractivity contribution in [3.8, 4) is 16.2 Å². The normalized spacial score (nSPS) is 15.3. The van der Waals surface area contributed by atoms with Crippen LogP contribution in [0.2, 0.25) is 5.02 Å². The first-order valence-corrected chi connectivity index (χ1v) is 15.1. The number of benzene rings is 3. The Hall–Kier alpha value is -4.28. The van der Waals surface area contributed by atoms with Crippen LogP contribution < -0.4 is 10.1 Å². The highest BCUT2D eigenvalue weighted by molar-refractivity contribution is 7.15. The summed E-state index contributed by atoms with van der Waals surface area (Å²) < 4.78 is 19.5. The number of carboxylic acid groups (broad SMARTS) is 1. The molecule has 2 aliphatic rings. The van der Waals surface area contributed by atoms with Crippen LogP contribution in [0.25, 0.3) is 10.4 Å². The van der Waals surface area contributed by atoms with Gasteiger partial charge in [-0.3, -0.25) is 9.59 Å². The van der Waals surface area contributed by atoms with Crippen LogP contribution in [0.3, 0.4) is 0 Å². The average molecular weight is 620 g/mol. The molecule has 43 heavy (non-hydrogen) atoms. The van der Waals surface area contributed by atoms with E-state index < -0.39 is 11.9 Å². The van der Waals surface area contributed by atoms with E-state index in [4.69, 9.17) is 21.4 Å². The van der Waals surface area contributed by atoms with Gasteiger partial charge in [0, 0.05) is 37.5 Å². The molecule has 1 aromatic heterocycles. The summed E-state index contributed by atoms with van der Waals surface area (Å²) in [7, 11) is 0. The molecule has 0 bridgehead atoms. The number of hydrogen-bond donors (Lipinski definition) is 2. The number of carbonyl (C=O) groups excluding carboxylic acids is 2. The zero-order chi connectivity index (χ0) is 30.1. The number of carbonyl (C=O) groups is 3.